The maximum Gasteiger partial charge on any atom is 0.228 e. The average molecular weight is 296 g/mol. The van der Waals surface area contributed by atoms with Gasteiger partial charge in [0.2, 0.25) is 5.91 Å². The minimum absolute atomic E-state index is 0.0567. The number of nitrogens with zero attached hydrogens (tertiary/aromatic N) is 1. The summed E-state index contributed by atoms with van der Waals surface area (Å²) < 4.78 is 26.4. The van der Waals surface area contributed by atoms with E-state index in [0.29, 0.717) is 5.56 Å². The second kappa shape index (κ2) is 6.10. The topological polar surface area (TPSA) is 32.3 Å². The first-order valence-electron chi connectivity index (χ1n) is 7.28. The standard InChI is InChI=1S/C16H22F2N2O/c1-11(12-4-5-13(17)14(18)10-12)20(3)15(21)16(2)6-8-19-9-7-16/h4-5,10-11,19H,6-9H2,1-3H3. The SMILES string of the molecule is CC(c1ccc(F)c(F)c1)N(C)C(=O)C1(C)CCNCC1. The summed E-state index contributed by atoms with van der Waals surface area (Å²) in [6, 6.07) is 3.50. The van der Waals surface area contributed by atoms with E-state index in [1.54, 1.807) is 11.9 Å². The van der Waals surface area contributed by atoms with Gasteiger partial charge < -0.3 is 10.2 Å². The third-order valence-electron chi connectivity index (χ3n) is 4.55. The molecule has 0 aromatic heterocycles. The van der Waals surface area contributed by atoms with Crippen LogP contribution in [0.15, 0.2) is 18.2 Å². The molecule has 0 saturated carbocycles. The van der Waals surface area contributed by atoms with E-state index in [-0.39, 0.29) is 17.4 Å². The summed E-state index contributed by atoms with van der Waals surface area (Å²) in [7, 11) is 1.72. The van der Waals surface area contributed by atoms with E-state index in [1.807, 2.05) is 13.8 Å². The number of carbonyl (C=O) groups is 1. The molecular formula is C16H22F2N2O. The lowest BCUT2D eigenvalue weighted by Gasteiger charge is -2.38. The first kappa shape index (κ1) is 15.9. The lowest BCUT2D eigenvalue weighted by Crippen LogP contribution is -2.47. The van der Waals surface area contributed by atoms with E-state index in [0.717, 1.165) is 38.1 Å². The van der Waals surface area contributed by atoms with Crippen LogP contribution in [-0.2, 0) is 4.79 Å². The van der Waals surface area contributed by atoms with Crippen LogP contribution in [0.2, 0.25) is 0 Å². The van der Waals surface area contributed by atoms with E-state index < -0.39 is 11.6 Å². The predicted molar refractivity (Wildman–Crippen MR) is 77.8 cm³/mol. The van der Waals surface area contributed by atoms with Crippen molar-refractivity contribution in [1.82, 2.24) is 10.2 Å². The predicted octanol–water partition coefficient (Wildman–Crippen LogP) is 2.87. The maximum atomic E-state index is 13.3. The maximum absolute atomic E-state index is 13.3. The molecule has 0 bridgehead atoms. The van der Waals surface area contributed by atoms with Crippen molar-refractivity contribution in [2.75, 3.05) is 20.1 Å². The highest BCUT2D eigenvalue weighted by Crippen LogP contribution is 2.33. The normalized spacial score (nSPS) is 19.1. The van der Waals surface area contributed by atoms with Gasteiger partial charge >= 0.3 is 0 Å². The Morgan fingerprint density at radius 2 is 1.90 bits per heavy atom. The van der Waals surface area contributed by atoms with Crippen molar-refractivity contribution in [3.05, 3.63) is 35.4 Å². The molecule has 3 nitrogen and oxygen atoms in total. The van der Waals surface area contributed by atoms with E-state index in [1.165, 1.54) is 6.07 Å². The first-order valence-corrected chi connectivity index (χ1v) is 7.28. The molecule has 1 aromatic carbocycles. The molecule has 1 amide bonds. The Balaban J connectivity index is 2.16. The Kier molecular flexibility index (Phi) is 4.61. The van der Waals surface area contributed by atoms with Crippen molar-refractivity contribution in [2.24, 2.45) is 5.41 Å². The van der Waals surface area contributed by atoms with Crippen LogP contribution in [0.25, 0.3) is 0 Å². The number of carbonyl (C=O) groups excluding carboxylic acids is 1. The van der Waals surface area contributed by atoms with Crippen molar-refractivity contribution in [2.45, 2.75) is 32.7 Å². The molecule has 1 atom stereocenters. The lowest BCUT2D eigenvalue weighted by molar-refractivity contribution is -0.143. The van der Waals surface area contributed by atoms with Gasteiger partial charge in [0.1, 0.15) is 0 Å². The van der Waals surface area contributed by atoms with Gasteiger partial charge in [0.05, 0.1) is 6.04 Å². The van der Waals surface area contributed by atoms with Gasteiger partial charge in [-0.25, -0.2) is 8.78 Å². The number of hydrogen-bond donors (Lipinski definition) is 1. The summed E-state index contributed by atoms with van der Waals surface area (Å²) in [6.07, 6.45) is 1.58. The molecule has 1 aliphatic heterocycles. The molecule has 0 aliphatic carbocycles. The van der Waals surface area contributed by atoms with Gasteiger partial charge in [0.25, 0.3) is 0 Å². The molecule has 2 rings (SSSR count). The first-order chi connectivity index (χ1) is 9.85. The Labute approximate surface area is 124 Å². The molecule has 5 heteroatoms. The van der Waals surface area contributed by atoms with E-state index in [4.69, 9.17) is 0 Å². The molecule has 1 heterocycles. The Hall–Kier alpha value is -1.49. The summed E-state index contributed by atoms with van der Waals surface area (Å²) in [4.78, 5) is 14.4. The molecular weight excluding hydrogens is 274 g/mol. The molecule has 21 heavy (non-hydrogen) atoms. The fourth-order valence-corrected chi connectivity index (χ4v) is 2.79. The van der Waals surface area contributed by atoms with Gasteiger partial charge in [-0.2, -0.15) is 0 Å². The van der Waals surface area contributed by atoms with Crippen LogP contribution in [0.1, 0.15) is 38.3 Å². The van der Waals surface area contributed by atoms with Crippen molar-refractivity contribution < 1.29 is 13.6 Å². The minimum atomic E-state index is -0.881. The quantitative estimate of drug-likeness (QED) is 0.930. The zero-order valence-electron chi connectivity index (χ0n) is 12.7. The number of benzene rings is 1. The molecule has 0 spiro atoms. The second-order valence-electron chi connectivity index (χ2n) is 6.08. The second-order valence-corrected chi connectivity index (χ2v) is 6.08. The Bertz CT molecular complexity index is 527. The summed E-state index contributed by atoms with van der Waals surface area (Å²) in [5.74, 6) is -1.69. The average Bonchev–Trinajstić information content (AvgIpc) is 2.48. The monoisotopic (exact) mass is 296 g/mol. The van der Waals surface area contributed by atoms with E-state index in [2.05, 4.69) is 5.32 Å². The summed E-state index contributed by atoms with van der Waals surface area (Å²) in [5, 5.41) is 3.25. The zero-order chi connectivity index (χ0) is 15.6. The van der Waals surface area contributed by atoms with E-state index >= 15 is 0 Å². The van der Waals surface area contributed by atoms with Gasteiger partial charge in [-0.05, 0) is 50.6 Å². The fraction of sp³-hybridized carbons (Fsp3) is 0.562. The number of hydrogen-bond acceptors (Lipinski definition) is 2. The molecule has 116 valence electrons. The third kappa shape index (κ3) is 3.23. The van der Waals surface area contributed by atoms with Gasteiger partial charge in [-0.3, -0.25) is 4.79 Å². The Morgan fingerprint density at radius 3 is 2.48 bits per heavy atom. The van der Waals surface area contributed by atoms with Crippen molar-refractivity contribution in [3.8, 4) is 0 Å². The van der Waals surface area contributed by atoms with Crippen LogP contribution in [0.3, 0.4) is 0 Å². The zero-order valence-corrected chi connectivity index (χ0v) is 12.7. The third-order valence-corrected chi connectivity index (χ3v) is 4.55. The van der Waals surface area contributed by atoms with Gasteiger partial charge in [0, 0.05) is 12.5 Å². The number of amides is 1. The van der Waals surface area contributed by atoms with Crippen molar-refractivity contribution in [3.63, 3.8) is 0 Å². The largest absolute Gasteiger partial charge is 0.339 e. The molecule has 1 aliphatic rings. The van der Waals surface area contributed by atoms with Gasteiger partial charge in [-0.1, -0.05) is 13.0 Å². The Morgan fingerprint density at radius 1 is 1.29 bits per heavy atom. The number of rotatable bonds is 3. The highest BCUT2D eigenvalue weighted by molar-refractivity contribution is 5.82. The number of halogens is 2. The van der Waals surface area contributed by atoms with Crippen LogP contribution in [-0.4, -0.2) is 30.9 Å². The van der Waals surface area contributed by atoms with Crippen molar-refractivity contribution in [1.29, 1.82) is 0 Å². The number of nitrogens with one attached hydrogen (secondary N) is 1. The van der Waals surface area contributed by atoms with Crippen LogP contribution >= 0.6 is 0 Å². The summed E-state index contributed by atoms with van der Waals surface area (Å²) in [5.41, 5.74) is 0.217. The van der Waals surface area contributed by atoms with Crippen LogP contribution in [0.4, 0.5) is 8.78 Å². The highest BCUT2D eigenvalue weighted by Gasteiger charge is 2.37. The van der Waals surface area contributed by atoms with Crippen LogP contribution in [0, 0.1) is 17.0 Å². The highest BCUT2D eigenvalue weighted by atomic mass is 19.2. The summed E-state index contributed by atoms with van der Waals surface area (Å²) >= 11 is 0. The smallest absolute Gasteiger partial charge is 0.228 e. The lowest BCUT2D eigenvalue weighted by atomic mass is 9.79. The molecule has 0 radical (unpaired) electrons. The van der Waals surface area contributed by atoms with Gasteiger partial charge in [-0.15, -0.1) is 0 Å². The van der Waals surface area contributed by atoms with E-state index in [9.17, 15) is 13.6 Å². The van der Waals surface area contributed by atoms with Crippen molar-refractivity contribution >= 4 is 5.91 Å². The molecule has 1 aromatic rings. The van der Waals surface area contributed by atoms with Gasteiger partial charge in [0.15, 0.2) is 11.6 Å². The molecule has 1 N–H and O–H groups in total. The molecule has 1 fully saturated rings. The van der Waals surface area contributed by atoms with Crippen LogP contribution in [0.5, 0.6) is 0 Å². The number of piperidine rings is 1. The molecule has 1 unspecified atom stereocenters. The molecule has 1 saturated heterocycles. The minimum Gasteiger partial charge on any atom is -0.339 e. The summed E-state index contributed by atoms with van der Waals surface area (Å²) in [6.45, 7) is 5.46. The fourth-order valence-electron chi connectivity index (χ4n) is 2.79. The van der Waals surface area contributed by atoms with Crippen LogP contribution < -0.4 is 5.32 Å².